The van der Waals surface area contributed by atoms with Gasteiger partial charge in [-0.15, -0.1) is 0 Å². The molecule has 1 aromatic rings. The first-order chi connectivity index (χ1) is 6.27. The van der Waals surface area contributed by atoms with Crippen LogP contribution in [0.5, 0.6) is 0 Å². The molecule has 2 rings (SSSR count). The molecule has 0 amide bonds. The molecule has 0 spiro atoms. The molecule has 1 nitrogen and oxygen atoms in total. The van der Waals surface area contributed by atoms with Crippen molar-refractivity contribution in [2.75, 3.05) is 0 Å². The Bertz CT molecular complexity index is 302. The first-order valence-electron chi connectivity index (χ1n) is 5.14. The number of rotatable bonds is 1. The summed E-state index contributed by atoms with van der Waals surface area (Å²) in [5, 5.41) is 0. The minimum atomic E-state index is 0.173. The molecule has 0 heterocycles. The molecule has 1 aliphatic carbocycles. The maximum atomic E-state index is 5.85. The lowest BCUT2D eigenvalue weighted by molar-refractivity contribution is 0.681. The van der Waals surface area contributed by atoms with Crippen LogP contribution in [0, 0.1) is 0 Å². The molecule has 0 saturated carbocycles. The van der Waals surface area contributed by atoms with Crippen LogP contribution in [0.15, 0.2) is 18.2 Å². The van der Waals surface area contributed by atoms with Gasteiger partial charge in [-0.25, -0.2) is 0 Å². The number of nitrogens with two attached hydrogens (primary N) is 1. The first kappa shape index (κ1) is 8.76. The van der Waals surface area contributed by atoms with Gasteiger partial charge in [0.05, 0.1) is 0 Å². The van der Waals surface area contributed by atoms with E-state index >= 15 is 0 Å². The van der Waals surface area contributed by atoms with E-state index in [0.717, 1.165) is 0 Å². The average molecular weight is 175 g/mol. The Morgan fingerprint density at radius 3 is 2.54 bits per heavy atom. The van der Waals surface area contributed by atoms with Gasteiger partial charge in [-0.2, -0.15) is 0 Å². The zero-order valence-corrected chi connectivity index (χ0v) is 8.22. The molecular formula is C12H17N. The maximum absolute atomic E-state index is 5.85. The van der Waals surface area contributed by atoms with Crippen LogP contribution in [-0.2, 0) is 12.8 Å². The highest BCUT2D eigenvalue weighted by molar-refractivity contribution is 5.34. The zero-order valence-electron chi connectivity index (χ0n) is 8.22. The molecule has 0 radical (unpaired) electrons. The lowest BCUT2D eigenvalue weighted by Gasteiger charge is -2.17. The van der Waals surface area contributed by atoms with Crippen LogP contribution in [0.25, 0.3) is 0 Å². The second-order valence-electron chi connectivity index (χ2n) is 4.02. The molecule has 70 valence electrons. The molecule has 0 aliphatic heterocycles. The van der Waals surface area contributed by atoms with Gasteiger partial charge >= 0.3 is 0 Å². The van der Waals surface area contributed by atoms with E-state index in [1.165, 1.54) is 42.4 Å². The largest absolute Gasteiger partial charge is 0.324 e. The molecule has 0 unspecified atom stereocenters. The van der Waals surface area contributed by atoms with E-state index in [9.17, 15) is 0 Å². The summed E-state index contributed by atoms with van der Waals surface area (Å²) in [7, 11) is 0. The van der Waals surface area contributed by atoms with Crippen LogP contribution < -0.4 is 5.73 Å². The van der Waals surface area contributed by atoms with Crippen molar-refractivity contribution < 1.29 is 0 Å². The third-order valence-corrected chi connectivity index (χ3v) is 2.90. The Morgan fingerprint density at radius 1 is 1.15 bits per heavy atom. The Balaban J connectivity index is 2.35. The fourth-order valence-corrected chi connectivity index (χ4v) is 2.04. The second kappa shape index (κ2) is 3.51. The van der Waals surface area contributed by atoms with Crippen molar-refractivity contribution in [3.63, 3.8) is 0 Å². The minimum Gasteiger partial charge on any atom is -0.324 e. The normalized spacial score (nSPS) is 18.0. The van der Waals surface area contributed by atoms with E-state index in [4.69, 9.17) is 5.73 Å². The van der Waals surface area contributed by atoms with Gasteiger partial charge in [0, 0.05) is 6.04 Å². The van der Waals surface area contributed by atoms with Gasteiger partial charge in [-0.05, 0) is 49.3 Å². The van der Waals surface area contributed by atoms with Crippen LogP contribution in [0.3, 0.4) is 0 Å². The van der Waals surface area contributed by atoms with Gasteiger partial charge in [0.15, 0.2) is 0 Å². The summed E-state index contributed by atoms with van der Waals surface area (Å²) in [5.74, 6) is 0. The summed E-state index contributed by atoms with van der Waals surface area (Å²) in [4.78, 5) is 0. The Kier molecular flexibility index (Phi) is 2.36. The molecule has 2 N–H and O–H groups in total. The highest BCUT2D eigenvalue weighted by Crippen LogP contribution is 2.23. The topological polar surface area (TPSA) is 26.0 Å². The van der Waals surface area contributed by atoms with E-state index in [1.54, 1.807) is 0 Å². The fraction of sp³-hybridized carbons (Fsp3) is 0.500. The summed E-state index contributed by atoms with van der Waals surface area (Å²) in [5.41, 5.74) is 10.2. The molecule has 0 saturated heterocycles. The summed E-state index contributed by atoms with van der Waals surface area (Å²) < 4.78 is 0. The fourth-order valence-electron chi connectivity index (χ4n) is 2.04. The van der Waals surface area contributed by atoms with E-state index < -0.39 is 0 Å². The van der Waals surface area contributed by atoms with Crippen molar-refractivity contribution >= 4 is 0 Å². The highest BCUT2D eigenvalue weighted by Gasteiger charge is 2.10. The van der Waals surface area contributed by atoms with E-state index in [1.807, 2.05) is 6.92 Å². The number of aryl methyl sites for hydroxylation is 2. The molecule has 1 heteroatoms. The standard InChI is InChI=1S/C12H17N/c1-9(13)11-7-6-10-4-2-3-5-12(10)8-11/h6-9H,2-5,13H2,1H3/t9-/m1/s1. The van der Waals surface area contributed by atoms with Crippen molar-refractivity contribution in [1.82, 2.24) is 0 Å². The SMILES string of the molecule is C[C@@H](N)c1ccc2c(c1)CCCC2. The predicted octanol–water partition coefficient (Wildman–Crippen LogP) is 2.59. The molecule has 1 aliphatic rings. The van der Waals surface area contributed by atoms with Gasteiger partial charge < -0.3 is 5.73 Å². The number of benzene rings is 1. The summed E-state index contributed by atoms with van der Waals surface area (Å²) in [6.45, 7) is 2.05. The van der Waals surface area contributed by atoms with Gasteiger partial charge in [-0.3, -0.25) is 0 Å². The predicted molar refractivity (Wildman–Crippen MR) is 55.7 cm³/mol. The van der Waals surface area contributed by atoms with Crippen LogP contribution in [0.1, 0.15) is 42.5 Å². The molecule has 13 heavy (non-hydrogen) atoms. The van der Waals surface area contributed by atoms with Crippen molar-refractivity contribution in [1.29, 1.82) is 0 Å². The average Bonchev–Trinajstić information content (AvgIpc) is 2.17. The van der Waals surface area contributed by atoms with Crippen molar-refractivity contribution in [3.05, 3.63) is 34.9 Å². The lowest BCUT2D eigenvalue weighted by atomic mass is 9.89. The molecule has 0 aromatic heterocycles. The van der Waals surface area contributed by atoms with Crippen LogP contribution in [0.2, 0.25) is 0 Å². The van der Waals surface area contributed by atoms with Crippen molar-refractivity contribution in [2.45, 2.75) is 38.6 Å². The van der Waals surface area contributed by atoms with Crippen molar-refractivity contribution in [3.8, 4) is 0 Å². The summed E-state index contributed by atoms with van der Waals surface area (Å²) in [6.07, 6.45) is 5.20. The number of fused-ring (bicyclic) bond motifs is 1. The number of hydrogen-bond donors (Lipinski definition) is 1. The monoisotopic (exact) mass is 175 g/mol. The van der Waals surface area contributed by atoms with Gasteiger partial charge in [0.2, 0.25) is 0 Å². The summed E-state index contributed by atoms with van der Waals surface area (Å²) >= 11 is 0. The van der Waals surface area contributed by atoms with E-state index in [2.05, 4.69) is 18.2 Å². The quantitative estimate of drug-likeness (QED) is 0.697. The molecule has 1 atom stereocenters. The molecular weight excluding hydrogens is 158 g/mol. The maximum Gasteiger partial charge on any atom is 0.0266 e. The van der Waals surface area contributed by atoms with Crippen molar-refractivity contribution in [2.24, 2.45) is 5.73 Å². The van der Waals surface area contributed by atoms with Gasteiger partial charge in [0.25, 0.3) is 0 Å². The smallest absolute Gasteiger partial charge is 0.0266 e. The van der Waals surface area contributed by atoms with Crippen LogP contribution in [0.4, 0.5) is 0 Å². The van der Waals surface area contributed by atoms with Gasteiger partial charge in [-0.1, -0.05) is 18.2 Å². The summed E-state index contributed by atoms with van der Waals surface area (Å²) in [6, 6.07) is 6.90. The lowest BCUT2D eigenvalue weighted by Crippen LogP contribution is -2.08. The number of hydrogen-bond acceptors (Lipinski definition) is 1. The Hall–Kier alpha value is -0.820. The third-order valence-electron chi connectivity index (χ3n) is 2.90. The Labute approximate surface area is 80.0 Å². The van der Waals surface area contributed by atoms with Gasteiger partial charge in [0.1, 0.15) is 0 Å². The second-order valence-corrected chi connectivity index (χ2v) is 4.02. The van der Waals surface area contributed by atoms with E-state index in [0.29, 0.717) is 0 Å². The third kappa shape index (κ3) is 1.75. The molecule has 0 bridgehead atoms. The molecule has 0 fully saturated rings. The van der Waals surface area contributed by atoms with Crippen LogP contribution in [-0.4, -0.2) is 0 Å². The zero-order chi connectivity index (χ0) is 9.26. The Morgan fingerprint density at radius 2 is 1.85 bits per heavy atom. The van der Waals surface area contributed by atoms with Crippen LogP contribution >= 0.6 is 0 Å². The minimum absolute atomic E-state index is 0.173. The van der Waals surface area contributed by atoms with E-state index in [-0.39, 0.29) is 6.04 Å². The first-order valence-corrected chi connectivity index (χ1v) is 5.14. The molecule has 1 aromatic carbocycles. The highest BCUT2D eigenvalue weighted by atomic mass is 14.6.